The summed E-state index contributed by atoms with van der Waals surface area (Å²) < 4.78 is 5.39. The standard InChI is InChI=1S/C24H24N8O/c1-4-31-17(3)19(14-26-31)21-8-10-25-23-13-20(28-32(21)23)24(33)27-22-9-11-30(29-22)15-18-7-5-6-16(2)12-18/h5-14H,4,15H2,1-3H3,(H,27,29,33). The van der Waals surface area contributed by atoms with Crippen LogP contribution in [0, 0.1) is 13.8 Å². The number of nitrogens with zero attached hydrogens (tertiary/aromatic N) is 7. The first-order valence-electron chi connectivity index (χ1n) is 10.8. The minimum absolute atomic E-state index is 0.267. The highest BCUT2D eigenvalue weighted by Crippen LogP contribution is 2.23. The molecule has 1 amide bonds. The molecule has 33 heavy (non-hydrogen) atoms. The highest BCUT2D eigenvalue weighted by molar-refractivity contribution is 6.03. The summed E-state index contributed by atoms with van der Waals surface area (Å²) >= 11 is 0. The number of hydrogen-bond donors (Lipinski definition) is 1. The first-order valence-corrected chi connectivity index (χ1v) is 10.8. The molecule has 9 heteroatoms. The van der Waals surface area contributed by atoms with E-state index in [4.69, 9.17) is 0 Å². The smallest absolute Gasteiger partial charge is 0.277 e. The molecule has 0 spiro atoms. The van der Waals surface area contributed by atoms with Crippen molar-refractivity contribution in [3.63, 3.8) is 0 Å². The number of anilines is 1. The molecule has 4 aromatic heterocycles. The van der Waals surface area contributed by atoms with Gasteiger partial charge >= 0.3 is 0 Å². The van der Waals surface area contributed by atoms with Gasteiger partial charge in [0, 0.05) is 42.3 Å². The van der Waals surface area contributed by atoms with Gasteiger partial charge in [0.2, 0.25) is 0 Å². The molecule has 0 aliphatic heterocycles. The van der Waals surface area contributed by atoms with Crippen molar-refractivity contribution in [2.24, 2.45) is 0 Å². The molecule has 0 aliphatic carbocycles. The molecule has 4 heterocycles. The number of hydrogen-bond acceptors (Lipinski definition) is 5. The van der Waals surface area contributed by atoms with Gasteiger partial charge in [-0.2, -0.15) is 15.3 Å². The average molecular weight is 441 g/mol. The van der Waals surface area contributed by atoms with Crippen molar-refractivity contribution in [3.05, 3.63) is 83.6 Å². The van der Waals surface area contributed by atoms with Crippen LogP contribution in [0.5, 0.6) is 0 Å². The van der Waals surface area contributed by atoms with Crippen molar-refractivity contribution >= 4 is 17.4 Å². The number of carbonyl (C=O) groups excluding carboxylic acids is 1. The highest BCUT2D eigenvalue weighted by atomic mass is 16.2. The minimum Gasteiger partial charge on any atom is -0.304 e. The van der Waals surface area contributed by atoms with Crippen LogP contribution < -0.4 is 5.32 Å². The van der Waals surface area contributed by atoms with Gasteiger partial charge in [-0.25, -0.2) is 9.50 Å². The predicted molar refractivity (Wildman–Crippen MR) is 125 cm³/mol. The lowest BCUT2D eigenvalue weighted by Crippen LogP contribution is -2.13. The maximum Gasteiger partial charge on any atom is 0.277 e. The third-order valence-electron chi connectivity index (χ3n) is 5.58. The van der Waals surface area contributed by atoms with Crippen LogP contribution in [0.1, 0.15) is 34.2 Å². The summed E-state index contributed by atoms with van der Waals surface area (Å²) in [4.78, 5) is 17.2. The summed E-state index contributed by atoms with van der Waals surface area (Å²) in [5, 5.41) is 16.2. The second-order valence-electron chi connectivity index (χ2n) is 7.93. The lowest BCUT2D eigenvalue weighted by atomic mass is 10.1. The molecule has 1 aromatic carbocycles. The van der Waals surface area contributed by atoms with Gasteiger partial charge in [0.05, 0.1) is 18.4 Å². The summed E-state index contributed by atoms with van der Waals surface area (Å²) in [6.07, 6.45) is 5.37. The third kappa shape index (κ3) is 4.00. The van der Waals surface area contributed by atoms with Crippen LogP contribution in [0.2, 0.25) is 0 Å². The van der Waals surface area contributed by atoms with Gasteiger partial charge in [-0.15, -0.1) is 0 Å². The molecule has 166 valence electrons. The largest absolute Gasteiger partial charge is 0.304 e. The SMILES string of the molecule is CCn1ncc(-c2ccnc3cc(C(=O)Nc4ccn(Cc5cccc(C)c5)n4)nn23)c1C. The Bertz CT molecular complexity index is 1460. The van der Waals surface area contributed by atoms with Gasteiger partial charge in [-0.05, 0) is 32.4 Å². The van der Waals surface area contributed by atoms with Crippen molar-refractivity contribution in [3.8, 4) is 11.3 Å². The molecule has 0 radical (unpaired) electrons. The fourth-order valence-corrected chi connectivity index (χ4v) is 3.92. The van der Waals surface area contributed by atoms with E-state index in [0.717, 1.165) is 29.1 Å². The van der Waals surface area contributed by atoms with Crippen LogP contribution >= 0.6 is 0 Å². The zero-order valence-corrected chi connectivity index (χ0v) is 18.7. The lowest BCUT2D eigenvalue weighted by Gasteiger charge is -2.05. The Morgan fingerprint density at radius 2 is 1.97 bits per heavy atom. The molecular weight excluding hydrogens is 416 g/mol. The van der Waals surface area contributed by atoms with Gasteiger partial charge in [0.1, 0.15) is 0 Å². The van der Waals surface area contributed by atoms with E-state index in [9.17, 15) is 4.79 Å². The molecule has 0 aliphatic rings. The molecule has 0 fully saturated rings. The Labute approximate surface area is 190 Å². The first-order chi connectivity index (χ1) is 16.0. The quantitative estimate of drug-likeness (QED) is 0.434. The van der Waals surface area contributed by atoms with Crippen LogP contribution in [0.15, 0.2) is 61.1 Å². The van der Waals surface area contributed by atoms with Crippen molar-refractivity contribution in [2.75, 3.05) is 5.32 Å². The molecule has 0 bridgehead atoms. The van der Waals surface area contributed by atoms with Crippen LogP contribution in [0.25, 0.3) is 16.9 Å². The fourth-order valence-electron chi connectivity index (χ4n) is 3.92. The Kier molecular flexibility index (Phi) is 5.21. The maximum atomic E-state index is 12.9. The average Bonchev–Trinajstić information content (AvgIpc) is 3.52. The van der Waals surface area contributed by atoms with Crippen molar-refractivity contribution < 1.29 is 4.79 Å². The van der Waals surface area contributed by atoms with E-state index in [0.29, 0.717) is 18.0 Å². The molecule has 0 saturated heterocycles. The number of amides is 1. The minimum atomic E-state index is -0.340. The van der Waals surface area contributed by atoms with E-state index in [1.54, 1.807) is 27.5 Å². The fraction of sp³-hybridized carbons (Fsp3) is 0.208. The molecule has 0 unspecified atom stereocenters. The van der Waals surface area contributed by atoms with Crippen LogP contribution in [0.3, 0.4) is 0 Å². The summed E-state index contributed by atoms with van der Waals surface area (Å²) in [6, 6.07) is 13.6. The molecule has 0 saturated carbocycles. The van der Waals surface area contributed by atoms with Crippen molar-refractivity contribution in [2.45, 2.75) is 33.9 Å². The van der Waals surface area contributed by atoms with E-state index in [1.165, 1.54) is 5.56 Å². The Balaban J connectivity index is 1.37. The summed E-state index contributed by atoms with van der Waals surface area (Å²) in [5.74, 6) is 0.131. The highest BCUT2D eigenvalue weighted by Gasteiger charge is 2.17. The number of fused-ring (bicyclic) bond motifs is 1. The monoisotopic (exact) mass is 440 g/mol. The van der Waals surface area contributed by atoms with E-state index in [-0.39, 0.29) is 11.6 Å². The lowest BCUT2D eigenvalue weighted by molar-refractivity contribution is 0.102. The van der Waals surface area contributed by atoms with Crippen molar-refractivity contribution in [1.29, 1.82) is 0 Å². The van der Waals surface area contributed by atoms with E-state index >= 15 is 0 Å². The van der Waals surface area contributed by atoms with Gasteiger partial charge in [0.15, 0.2) is 17.2 Å². The normalized spacial score (nSPS) is 11.2. The third-order valence-corrected chi connectivity index (χ3v) is 5.58. The Hall–Kier alpha value is -4.27. The van der Waals surface area contributed by atoms with Crippen LogP contribution in [-0.2, 0) is 13.1 Å². The summed E-state index contributed by atoms with van der Waals surface area (Å²) in [5.41, 5.74) is 6.02. The molecule has 1 N–H and O–H groups in total. The van der Waals surface area contributed by atoms with E-state index in [1.807, 2.05) is 43.1 Å². The molecule has 0 atom stereocenters. The van der Waals surface area contributed by atoms with E-state index in [2.05, 4.69) is 50.7 Å². The zero-order chi connectivity index (χ0) is 22.9. The molecule has 9 nitrogen and oxygen atoms in total. The number of benzene rings is 1. The number of aryl methyl sites for hydroxylation is 2. The van der Waals surface area contributed by atoms with Gasteiger partial charge in [0.25, 0.3) is 5.91 Å². The molecular formula is C24H24N8O. The first kappa shape index (κ1) is 20.6. The Morgan fingerprint density at radius 3 is 2.76 bits per heavy atom. The topological polar surface area (TPSA) is 94.9 Å². The van der Waals surface area contributed by atoms with Crippen LogP contribution in [0.4, 0.5) is 5.82 Å². The molecule has 5 rings (SSSR count). The summed E-state index contributed by atoms with van der Waals surface area (Å²) in [6.45, 7) is 7.53. The van der Waals surface area contributed by atoms with Gasteiger partial charge in [-0.3, -0.25) is 14.2 Å². The predicted octanol–water partition coefficient (Wildman–Crippen LogP) is 3.73. The Morgan fingerprint density at radius 1 is 1.09 bits per heavy atom. The van der Waals surface area contributed by atoms with Gasteiger partial charge < -0.3 is 5.32 Å². The van der Waals surface area contributed by atoms with Crippen LogP contribution in [-0.4, -0.2) is 40.1 Å². The maximum absolute atomic E-state index is 12.9. The van der Waals surface area contributed by atoms with Gasteiger partial charge in [-0.1, -0.05) is 29.8 Å². The number of nitrogens with one attached hydrogen (secondary N) is 1. The zero-order valence-electron chi connectivity index (χ0n) is 18.7. The number of aromatic nitrogens is 7. The van der Waals surface area contributed by atoms with E-state index < -0.39 is 0 Å². The second kappa shape index (κ2) is 8.34. The number of rotatable bonds is 6. The summed E-state index contributed by atoms with van der Waals surface area (Å²) in [7, 11) is 0. The van der Waals surface area contributed by atoms with Crippen molar-refractivity contribution in [1.82, 2.24) is 34.2 Å². The number of carbonyl (C=O) groups is 1. The molecule has 5 aromatic rings. The second-order valence-corrected chi connectivity index (χ2v) is 7.93.